The van der Waals surface area contributed by atoms with Crippen LogP contribution in [0.3, 0.4) is 0 Å². The highest BCUT2D eigenvalue weighted by atomic mass is 79.9. The molecule has 0 saturated heterocycles. The number of hydrogen-bond donors (Lipinski definition) is 0. The smallest absolute Gasteiger partial charge is 0.226 e. The van der Waals surface area contributed by atoms with Crippen molar-refractivity contribution < 1.29 is 9.53 Å². The first-order valence-corrected chi connectivity index (χ1v) is 7.16. The lowest BCUT2D eigenvalue weighted by Crippen LogP contribution is -2.40. The molecule has 1 fully saturated rings. The fraction of sp³-hybridized carbons (Fsp3) is 0.917. The van der Waals surface area contributed by atoms with Crippen LogP contribution in [0.25, 0.3) is 0 Å². The van der Waals surface area contributed by atoms with Crippen molar-refractivity contribution in [1.82, 2.24) is 4.90 Å². The van der Waals surface area contributed by atoms with Crippen LogP contribution >= 0.6 is 15.9 Å². The summed E-state index contributed by atoms with van der Waals surface area (Å²) in [5, 5.41) is 0.837. The summed E-state index contributed by atoms with van der Waals surface area (Å²) >= 11 is 3.40. The van der Waals surface area contributed by atoms with E-state index >= 15 is 0 Å². The van der Waals surface area contributed by atoms with Crippen LogP contribution in [0.15, 0.2) is 0 Å². The second-order valence-electron chi connectivity index (χ2n) is 4.52. The number of ether oxygens (including phenoxy) is 1. The molecular weight excluding hydrogens is 270 g/mol. The molecule has 0 spiro atoms. The van der Waals surface area contributed by atoms with Crippen molar-refractivity contribution in [3.8, 4) is 0 Å². The van der Waals surface area contributed by atoms with Gasteiger partial charge in [-0.05, 0) is 18.8 Å². The molecular formula is C12H22BrNO2. The zero-order valence-electron chi connectivity index (χ0n) is 10.2. The molecule has 0 aliphatic heterocycles. The van der Waals surface area contributed by atoms with Gasteiger partial charge in [0.1, 0.15) is 0 Å². The number of alkyl halides is 1. The Kier molecular flexibility index (Phi) is 6.36. The van der Waals surface area contributed by atoms with Gasteiger partial charge in [-0.25, -0.2) is 0 Å². The highest BCUT2D eigenvalue weighted by Crippen LogP contribution is 2.32. The standard InChI is InChI=1S/C12H22BrNO2/c1-10-4-3-5-11(10)12(15)14(7-6-13)8-9-16-2/h10-11H,3-9H2,1-2H3. The van der Waals surface area contributed by atoms with Gasteiger partial charge >= 0.3 is 0 Å². The molecule has 0 aromatic carbocycles. The molecule has 2 unspecified atom stereocenters. The zero-order valence-corrected chi connectivity index (χ0v) is 11.8. The number of halogens is 1. The Morgan fingerprint density at radius 1 is 1.44 bits per heavy atom. The third-order valence-electron chi connectivity index (χ3n) is 3.41. The fourth-order valence-corrected chi connectivity index (χ4v) is 2.81. The van der Waals surface area contributed by atoms with E-state index in [-0.39, 0.29) is 5.92 Å². The van der Waals surface area contributed by atoms with Crippen LogP contribution in [0.2, 0.25) is 0 Å². The number of methoxy groups -OCH3 is 1. The Morgan fingerprint density at radius 2 is 2.19 bits per heavy atom. The highest BCUT2D eigenvalue weighted by molar-refractivity contribution is 9.09. The Bertz CT molecular complexity index is 223. The maximum Gasteiger partial charge on any atom is 0.226 e. The second-order valence-corrected chi connectivity index (χ2v) is 5.31. The van der Waals surface area contributed by atoms with Crippen LogP contribution in [0, 0.1) is 11.8 Å². The van der Waals surface area contributed by atoms with E-state index in [1.54, 1.807) is 7.11 Å². The number of nitrogens with zero attached hydrogens (tertiary/aromatic N) is 1. The molecule has 3 nitrogen and oxygen atoms in total. The van der Waals surface area contributed by atoms with E-state index in [1.165, 1.54) is 12.8 Å². The molecule has 94 valence electrons. The molecule has 0 N–H and O–H groups in total. The summed E-state index contributed by atoms with van der Waals surface area (Å²) in [6.45, 7) is 4.31. The van der Waals surface area contributed by atoms with E-state index in [1.807, 2.05) is 4.90 Å². The maximum absolute atomic E-state index is 12.3. The summed E-state index contributed by atoms with van der Waals surface area (Å²) in [6.07, 6.45) is 3.46. The van der Waals surface area contributed by atoms with Crippen LogP contribution < -0.4 is 0 Å². The lowest BCUT2D eigenvalue weighted by Gasteiger charge is -2.26. The summed E-state index contributed by atoms with van der Waals surface area (Å²) < 4.78 is 5.05. The van der Waals surface area contributed by atoms with Crippen molar-refractivity contribution in [2.45, 2.75) is 26.2 Å². The topological polar surface area (TPSA) is 29.5 Å². The van der Waals surface area contributed by atoms with E-state index in [9.17, 15) is 4.79 Å². The lowest BCUT2D eigenvalue weighted by molar-refractivity contribution is -0.136. The van der Waals surface area contributed by atoms with Crippen molar-refractivity contribution in [3.05, 3.63) is 0 Å². The Balaban J connectivity index is 2.51. The van der Waals surface area contributed by atoms with Gasteiger partial charge in [0.2, 0.25) is 5.91 Å². The van der Waals surface area contributed by atoms with Crippen molar-refractivity contribution in [2.24, 2.45) is 11.8 Å². The lowest BCUT2D eigenvalue weighted by atomic mass is 9.96. The zero-order chi connectivity index (χ0) is 12.0. The Morgan fingerprint density at radius 3 is 2.69 bits per heavy atom. The van der Waals surface area contributed by atoms with Crippen molar-refractivity contribution in [2.75, 3.05) is 32.1 Å². The molecule has 1 rings (SSSR count). The molecule has 1 amide bonds. The molecule has 1 aliphatic rings. The molecule has 1 saturated carbocycles. The third-order valence-corrected chi connectivity index (χ3v) is 3.76. The average molecular weight is 292 g/mol. The maximum atomic E-state index is 12.3. The second kappa shape index (κ2) is 7.28. The Labute approximate surface area is 107 Å². The summed E-state index contributed by atoms with van der Waals surface area (Å²) in [6, 6.07) is 0. The van der Waals surface area contributed by atoms with Gasteiger partial charge in [0, 0.05) is 31.4 Å². The molecule has 16 heavy (non-hydrogen) atoms. The monoisotopic (exact) mass is 291 g/mol. The number of carbonyl (C=O) groups is 1. The fourth-order valence-electron chi connectivity index (χ4n) is 2.38. The predicted molar refractivity (Wildman–Crippen MR) is 68.8 cm³/mol. The van der Waals surface area contributed by atoms with E-state index in [0.29, 0.717) is 25.0 Å². The first-order valence-electron chi connectivity index (χ1n) is 6.04. The Hall–Kier alpha value is -0.0900. The van der Waals surface area contributed by atoms with Gasteiger partial charge in [0.15, 0.2) is 0 Å². The van der Waals surface area contributed by atoms with Gasteiger partial charge < -0.3 is 9.64 Å². The van der Waals surface area contributed by atoms with E-state index in [0.717, 1.165) is 18.3 Å². The SMILES string of the molecule is COCCN(CCBr)C(=O)C1CCCC1C. The first kappa shape index (κ1) is 14.0. The van der Waals surface area contributed by atoms with Gasteiger partial charge in [0.25, 0.3) is 0 Å². The van der Waals surface area contributed by atoms with Crippen molar-refractivity contribution in [3.63, 3.8) is 0 Å². The van der Waals surface area contributed by atoms with Crippen LogP contribution in [-0.4, -0.2) is 42.9 Å². The van der Waals surface area contributed by atoms with Gasteiger partial charge in [-0.2, -0.15) is 0 Å². The molecule has 0 heterocycles. The third kappa shape index (κ3) is 3.74. The molecule has 0 radical (unpaired) electrons. The quantitative estimate of drug-likeness (QED) is 0.703. The molecule has 0 bridgehead atoms. The van der Waals surface area contributed by atoms with Gasteiger partial charge in [0.05, 0.1) is 6.61 Å². The van der Waals surface area contributed by atoms with E-state index in [4.69, 9.17) is 4.74 Å². The first-order chi connectivity index (χ1) is 7.70. The molecule has 1 aliphatic carbocycles. The van der Waals surface area contributed by atoms with Crippen LogP contribution in [0.1, 0.15) is 26.2 Å². The van der Waals surface area contributed by atoms with Gasteiger partial charge in [-0.1, -0.05) is 29.3 Å². The van der Waals surface area contributed by atoms with Crippen LogP contribution in [0.5, 0.6) is 0 Å². The van der Waals surface area contributed by atoms with Crippen molar-refractivity contribution in [1.29, 1.82) is 0 Å². The number of rotatable bonds is 6. The largest absolute Gasteiger partial charge is 0.383 e. The van der Waals surface area contributed by atoms with Crippen molar-refractivity contribution >= 4 is 21.8 Å². The number of hydrogen-bond acceptors (Lipinski definition) is 2. The minimum Gasteiger partial charge on any atom is -0.383 e. The van der Waals surface area contributed by atoms with Crippen LogP contribution in [0.4, 0.5) is 0 Å². The normalized spacial score (nSPS) is 24.7. The molecule has 0 aromatic rings. The molecule has 0 aromatic heterocycles. The van der Waals surface area contributed by atoms with Gasteiger partial charge in [-0.3, -0.25) is 4.79 Å². The summed E-state index contributed by atoms with van der Waals surface area (Å²) in [5.41, 5.74) is 0. The highest BCUT2D eigenvalue weighted by Gasteiger charge is 2.32. The average Bonchev–Trinajstić information content (AvgIpc) is 2.69. The summed E-state index contributed by atoms with van der Waals surface area (Å²) in [7, 11) is 1.68. The number of amides is 1. The van der Waals surface area contributed by atoms with E-state index in [2.05, 4.69) is 22.9 Å². The molecule has 4 heteroatoms. The number of carbonyl (C=O) groups excluding carboxylic acids is 1. The summed E-state index contributed by atoms with van der Waals surface area (Å²) in [4.78, 5) is 14.2. The molecule has 2 atom stereocenters. The predicted octanol–water partition coefficient (Wildman–Crippen LogP) is 2.29. The van der Waals surface area contributed by atoms with E-state index < -0.39 is 0 Å². The van der Waals surface area contributed by atoms with Gasteiger partial charge in [-0.15, -0.1) is 0 Å². The minimum absolute atomic E-state index is 0.246. The van der Waals surface area contributed by atoms with Crippen LogP contribution in [-0.2, 0) is 9.53 Å². The minimum atomic E-state index is 0.246. The summed E-state index contributed by atoms with van der Waals surface area (Å²) in [5.74, 6) is 1.12.